The molecule has 19 heavy (non-hydrogen) atoms. The van der Waals surface area contributed by atoms with Crippen LogP contribution in [0.3, 0.4) is 0 Å². The molecule has 1 aliphatic rings. The summed E-state index contributed by atoms with van der Waals surface area (Å²) in [6.07, 6.45) is 3.41. The molecule has 0 atom stereocenters. The summed E-state index contributed by atoms with van der Waals surface area (Å²) in [5.74, 6) is 0.612. The molecule has 2 heterocycles. The van der Waals surface area contributed by atoms with E-state index < -0.39 is 0 Å². The number of anilines is 1. The van der Waals surface area contributed by atoms with E-state index in [9.17, 15) is 4.79 Å². The number of aromatic nitrogens is 2. The van der Waals surface area contributed by atoms with E-state index in [-0.39, 0.29) is 12.5 Å². The summed E-state index contributed by atoms with van der Waals surface area (Å²) in [4.78, 5) is 13.8. The zero-order valence-electron chi connectivity index (χ0n) is 11.3. The largest absolute Gasteiger partial charge is 0.407 e. The van der Waals surface area contributed by atoms with Gasteiger partial charge >= 0.3 is 6.01 Å². The predicted octanol–water partition coefficient (Wildman–Crippen LogP) is 0.603. The van der Waals surface area contributed by atoms with Gasteiger partial charge in [-0.1, -0.05) is 12.0 Å². The highest BCUT2D eigenvalue weighted by Gasteiger charge is 2.16. The summed E-state index contributed by atoms with van der Waals surface area (Å²) < 4.78 is 5.36. The Bertz CT molecular complexity index is 401. The molecule has 2 rings (SSSR count). The van der Waals surface area contributed by atoms with Crippen molar-refractivity contribution in [3.8, 4) is 0 Å². The maximum absolute atomic E-state index is 11.9. The molecule has 0 aromatic carbocycles. The van der Waals surface area contributed by atoms with Gasteiger partial charge in [-0.2, -0.15) is 0 Å². The van der Waals surface area contributed by atoms with Crippen LogP contribution in [0.2, 0.25) is 0 Å². The summed E-state index contributed by atoms with van der Waals surface area (Å²) in [5.41, 5.74) is 0. The van der Waals surface area contributed by atoms with Crippen LogP contribution in [0.4, 0.5) is 6.01 Å². The summed E-state index contributed by atoms with van der Waals surface area (Å²) in [6, 6.07) is 0.304. The molecule has 106 valence electrons. The number of hydrogen-bond donors (Lipinski definition) is 2. The first-order valence-corrected chi connectivity index (χ1v) is 6.84. The molecule has 1 saturated heterocycles. The van der Waals surface area contributed by atoms with E-state index >= 15 is 0 Å². The van der Waals surface area contributed by atoms with Crippen LogP contribution >= 0.6 is 0 Å². The van der Waals surface area contributed by atoms with E-state index in [0.717, 1.165) is 32.5 Å². The van der Waals surface area contributed by atoms with E-state index in [1.54, 1.807) is 0 Å². The van der Waals surface area contributed by atoms with Crippen molar-refractivity contribution >= 4 is 11.9 Å². The molecule has 0 spiro atoms. The zero-order chi connectivity index (χ0) is 13.5. The van der Waals surface area contributed by atoms with E-state index in [2.05, 4.69) is 20.8 Å². The molecule has 1 aromatic rings. The topological polar surface area (TPSA) is 83.3 Å². The molecule has 2 N–H and O–H groups in total. The van der Waals surface area contributed by atoms with E-state index in [1.807, 2.05) is 11.8 Å². The molecular formula is C12H21N5O2. The summed E-state index contributed by atoms with van der Waals surface area (Å²) >= 11 is 0. The Labute approximate surface area is 112 Å². The highest BCUT2D eigenvalue weighted by molar-refractivity contribution is 5.80. The quantitative estimate of drug-likeness (QED) is 0.785. The van der Waals surface area contributed by atoms with Crippen LogP contribution < -0.4 is 10.6 Å². The van der Waals surface area contributed by atoms with Crippen molar-refractivity contribution in [2.45, 2.75) is 32.7 Å². The lowest BCUT2D eigenvalue weighted by atomic mass is 10.1. The molecule has 1 aromatic heterocycles. The Morgan fingerprint density at radius 2 is 2.11 bits per heavy atom. The number of piperidine rings is 1. The Morgan fingerprint density at radius 1 is 1.32 bits per heavy atom. The van der Waals surface area contributed by atoms with Crippen LogP contribution in [0, 0.1) is 0 Å². The van der Waals surface area contributed by atoms with Crippen LogP contribution in [0.1, 0.15) is 32.1 Å². The molecule has 1 amide bonds. The van der Waals surface area contributed by atoms with Crippen molar-refractivity contribution in [2.24, 2.45) is 0 Å². The Hall–Kier alpha value is -1.63. The molecule has 1 fully saturated rings. The predicted molar refractivity (Wildman–Crippen MR) is 70.6 cm³/mol. The van der Waals surface area contributed by atoms with Crippen molar-refractivity contribution < 1.29 is 9.21 Å². The Morgan fingerprint density at radius 3 is 2.84 bits per heavy atom. The van der Waals surface area contributed by atoms with Crippen LogP contribution in [0.15, 0.2) is 4.42 Å². The van der Waals surface area contributed by atoms with Gasteiger partial charge < -0.3 is 20.0 Å². The summed E-state index contributed by atoms with van der Waals surface area (Å²) in [5, 5.41) is 13.7. The minimum Gasteiger partial charge on any atom is -0.407 e. The van der Waals surface area contributed by atoms with Crippen molar-refractivity contribution in [2.75, 3.05) is 31.5 Å². The average Bonchev–Trinajstić information content (AvgIpc) is 2.91. The fourth-order valence-electron chi connectivity index (χ4n) is 2.03. The van der Waals surface area contributed by atoms with Crippen LogP contribution in [-0.2, 0) is 11.3 Å². The van der Waals surface area contributed by atoms with Gasteiger partial charge in [0.05, 0.1) is 13.1 Å². The molecule has 0 radical (unpaired) electrons. The summed E-state index contributed by atoms with van der Waals surface area (Å²) in [6.45, 7) is 5.32. The van der Waals surface area contributed by atoms with E-state index in [0.29, 0.717) is 18.5 Å². The molecular weight excluding hydrogens is 246 g/mol. The monoisotopic (exact) mass is 267 g/mol. The van der Waals surface area contributed by atoms with Gasteiger partial charge in [0, 0.05) is 13.1 Å². The number of nitrogens with one attached hydrogen (secondary N) is 2. The number of hydrogen-bond acceptors (Lipinski definition) is 6. The third-order valence-corrected chi connectivity index (χ3v) is 3.09. The molecule has 7 heteroatoms. The lowest BCUT2D eigenvalue weighted by Gasteiger charge is -2.26. The van der Waals surface area contributed by atoms with Crippen LogP contribution in [0.5, 0.6) is 0 Å². The van der Waals surface area contributed by atoms with Gasteiger partial charge in [-0.25, -0.2) is 0 Å². The number of carbonyl (C=O) groups excluding carboxylic acids is 1. The molecule has 1 aliphatic heterocycles. The van der Waals surface area contributed by atoms with Crippen molar-refractivity contribution in [1.82, 2.24) is 20.4 Å². The second-order valence-electron chi connectivity index (χ2n) is 4.58. The van der Waals surface area contributed by atoms with Gasteiger partial charge in [-0.3, -0.25) is 4.79 Å². The number of carbonyl (C=O) groups is 1. The highest BCUT2D eigenvalue weighted by Crippen LogP contribution is 2.09. The third-order valence-electron chi connectivity index (χ3n) is 3.09. The molecule has 7 nitrogen and oxygen atoms in total. The first-order chi connectivity index (χ1) is 9.29. The smallest absolute Gasteiger partial charge is 0.315 e. The first kappa shape index (κ1) is 13.8. The van der Waals surface area contributed by atoms with Gasteiger partial charge in [0.25, 0.3) is 0 Å². The Kier molecular flexibility index (Phi) is 5.14. The van der Waals surface area contributed by atoms with Gasteiger partial charge in [0.15, 0.2) is 0 Å². The molecule has 0 saturated carbocycles. The number of nitrogens with zero attached hydrogens (tertiary/aromatic N) is 3. The second kappa shape index (κ2) is 7.08. The van der Waals surface area contributed by atoms with Crippen LogP contribution in [0.25, 0.3) is 0 Å². The normalized spacial score (nSPS) is 15.5. The molecule has 0 unspecified atom stereocenters. The maximum Gasteiger partial charge on any atom is 0.315 e. The maximum atomic E-state index is 11.9. The van der Waals surface area contributed by atoms with Crippen molar-refractivity contribution in [3.63, 3.8) is 0 Å². The molecule has 0 bridgehead atoms. The number of likely N-dealkylation sites (tertiary alicyclic amines) is 1. The average molecular weight is 267 g/mol. The second-order valence-corrected chi connectivity index (χ2v) is 4.58. The first-order valence-electron chi connectivity index (χ1n) is 6.84. The SMILES string of the molecule is CCNCc1nnc(NCC(=O)N2CCCCC2)o1. The molecule has 0 aliphatic carbocycles. The highest BCUT2D eigenvalue weighted by atomic mass is 16.4. The minimum atomic E-state index is 0.0890. The van der Waals surface area contributed by atoms with E-state index in [4.69, 9.17) is 4.42 Å². The van der Waals surface area contributed by atoms with Gasteiger partial charge in [0.2, 0.25) is 11.8 Å². The van der Waals surface area contributed by atoms with E-state index in [1.165, 1.54) is 6.42 Å². The minimum absolute atomic E-state index is 0.0890. The fraction of sp³-hybridized carbons (Fsp3) is 0.750. The number of rotatable bonds is 6. The van der Waals surface area contributed by atoms with Crippen LogP contribution in [-0.4, -0.2) is 47.2 Å². The standard InChI is InChI=1S/C12H21N5O2/c1-2-13-8-10-15-16-12(19-10)14-9-11(18)17-6-4-3-5-7-17/h13H,2-9H2,1H3,(H,14,16). The Balaban J connectivity index is 1.74. The van der Waals surface area contributed by atoms with Gasteiger partial charge in [-0.05, 0) is 25.8 Å². The van der Waals surface area contributed by atoms with Crippen molar-refractivity contribution in [3.05, 3.63) is 5.89 Å². The third kappa shape index (κ3) is 4.20. The zero-order valence-corrected chi connectivity index (χ0v) is 11.3. The summed E-state index contributed by atoms with van der Waals surface area (Å²) in [7, 11) is 0. The fourth-order valence-corrected chi connectivity index (χ4v) is 2.03. The lowest BCUT2D eigenvalue weighted by Crippen LogP contribution is -2.39. The lowest BCUT2D eigenvalue weighted by molar-refractivity contribution is -0.130. The number of amides is 1. The van der Waals surface area contributed by atoms with Gasteiger partial charge in [-0.15, -0.1) is 5.10 Å². The van der Waals surface area contributed by atoms with Crippen molar-refractivity contribution in [1.29, 1.82) is 0 Å². The van der Waals surface area contributed by atoms with Gasteiger partial charge in [0.1, 0.15) is 0 Å².